The first kappa shape index (κ1) is 13.4. The zero-order chi connectivity index (χ0) is 12.1. The molecular weight excluding hydrogens is 346 g/mol. The summed E-state index contributed by atoms with van der Waals surface area (Å²) in [6.07, 6.45) is 5.01. The van der Waals surface area contributed by atoms with Crippen LogP contribution in [0.25, 0.3) is 0 Å². The molecule has 0 radical (unpaired) electrons. The van der Waals surface area contributed by atoms with Gasteiger partial charge in [-0.1, -0.05) is 12.5 Å². The van der Waals surface area contributed by atoms with Gasteiger partial charge >= 0.3 is 0 Å². The lowest BCUT2D eigenvalue weighted by Gasteiger charge is -2.23. The number of benzene rings is 1. The monoisotopic (exact) mass is 361 g/mol. The summed E-state index contributed by atoms with van der Waals surface area (Å²) in [6, 6.07) is 6.62. The fraction of sp³-hybridized carbons (Fsp3) is 0.538. The quantitative estimate of drug-likeness (QED) is 0.869. The van der Waals surface area contributed by atoms with E-state index in [-0.39, 0.29) is 0 Å². The molecule has 0 aromatic heterocycles. The lowest BCUT2D eigenvalue weighted by molar-refractivity contribution is 0.266. The van der Waals surface area contributed by atoms with Crippen molar-refractivity contribution in [2.45, 2.75) is 31.7 Å². The van der Waals surface area contributed by atoms with E-state index >= 15 is 0 Å². The molecule has 1 aliphatic rings. The Balaban J connectivity index is 1.81. The van der Waals surface area contributed by atoms with Crippen molar-refractivity contribution in [3.05, 3.63) is 27.1 Å². The predicted molar refractivity (Wildman–Crippen MR) is 77.6 cm³/mol. The van der Waals surface area contributed by atoms with E-state index in [0.29, 0.717) is 6.04 Å². The Morgan fingerprint density at radius 2 is 2.00 bits per heavy atom. The number of ether oxygens (including phenoxy) is 1. The first-order valence-electron chi connectivity index (χ1n) is 6.07. The van der Waals surface area contributed by atoms with Crippen molar-refractivity contribution < 1.29 is 4.74 Å². The van der Waals surface area contributed by atoms with Gasteiger partial charge in [0.25, 0.3) is 0 Å². The zero-order valence-corrected chi connectivity index (χ0v) is 12.9. The second-order valence-corrected chi connectivity index (χ2v) is 6.04. The third-order valence-electron chi connectivity index (χ3n) is 3.04. The normalized spacial score (nSPS) is 20.2. The fourth-order valence-electron chi connectivity index (χ4n) is 2.09. The maximum atomic E-state index is 5.84. The van der Waals surface area contributed by atoms with Crippen LogP contribution in [-0.4, -0.2) is 19.2 Å². The zero-order valence-electron chi connectivity index (χ0n) is 9.72. The lowest BCUT2D eigenvalue weighted by Crippen LogP contribution is -2.35. The highest BCUT2D eigenvalue weighted by Gasteiger charge is 2.13. The van der Waals surface area contributed by atoms with Crippen LogP contribution in [0.1, 0.15) is 25.7 Å². The largest absolute Gasteiger partial charge is 0.491 e. The minimum atomic E-state index is 0.630. The van der Waals surface area contributed by atoms with Crippen molar-refractivity contribution in [3.63, 3.8) is 0 Å². The second-order valence-electron chi connectivity index (χ2n) is 4.33. The number of rotatable bonds is 4. The first-order chi connectivity index (χ1) is 8.27. The molecule has 0 bridgehead atoms. The van der Waals surface area contributed by atoms with Crippen LogP contribution < -0.4 is 10.1 Å². The molecule has 1 atom stereocenters. The van der Waals surface area contributed by atoms with E-state index in [9.17, 15) is 0 Å². The Morgan fingerprint density at radius 1 is 1.24 bits per heavy atom. The van der Waals surface area contributed by atoms with E-state index in [2.05, 4.69) is 37.2 Å². The van der Waals surface area contributed by atoms with Gasteiger partial charge in [0.1, 0.15) is 5.75 Å². The third-order valence-corrected chi connectivity index (χ3v) is 4.29. The molecule has 1 saturated heterocycles. The molecule has 1 fully saturated rings. The van der Waals surface area contributed by atoms with Crippen molar-refractivity contribution >= 4 is 31.9 Å². The van der Waals surface area contributed by atoms with Crippen molar-refractivity contribution in [1.29, 1.82) is 0 Å². The number of piperidine rings is 1. The van der Waals surface area contributed by atoms with Crippen LogP contribution in [0.15, 0.2) is 27.1 Å². The molecule has 2 rings (SSSR count). The molecule has 94 valence electrons. The highest BCUT2D eigenvalue weighted by atomic mass is 79.9. The minimum absolute atomic E-state index is 0.630. The molecule has 0 saturated carbocycles. The van der Waals surface area contributed by atoms with Gasteiger partial charge in [0.2, 0.25) is 0 Å². The van der Waals surface area contributed by atoms with Crippen molar-refractivity contribution in [2.75, 3.05) is 13.2 Å². The number of nitrogens with one attached hydrogen (secondary N) is 1. The summed E-state index contributed by atoms with van der Waals surface area (Å²) in [5.74, 6) is 0.906. The highest BCUT2D eigenvalue weighted by Crippen LogP contribution is 2.33. The van der Waals surface area contributed by atoms with Crippen LogP contribution >= 0.6 is 31.9 Å². The number of para-hydroxylation sites is 1. The molecule has 1 aromatic rings. The summed E-state index contributed by atoms with van der Waals surface area (Å²) in [4.78, 5) is 0. The topological polar surface area (TPSA) is 21.3 Å². The van der Waals surface area contributed by atoms with E-state index in [1.165, 1.54) is 19.3 Å². The lowest BCUT2D eigenvalue weighted by atomic mass is 10.0. The van der Waals surface area contributed by atoms with Crippen LogP contribution in [0.2, 0.25) is 0 Å². The fourth-order valence-corrected chi connectivity index (χ4v) is 3.32. The molecule has 1 N–H and O–H groups in total. The van der Waals surface area contributed by atoms with Gasteiger partial charge in [-0.2, -0.15) is 0 Å². The van der Waals surface area contributed by atoms with Crippen LogP contribution in [-0.2, 0) is 0 Å². The molecule has 2 nitrogen and oxygen atoms in total. The molecule has 1 heterocycles. The SMILES string of the molecule is Brc1cccc(Br)c1OCCC1CCCCN1. The second kappa shape index (κ2) is 6.76. The molecule has 1 aromatic carbocycles. The maximum absolute atomic E-state index is 5.84. The summed E-state index contributed by atoms with van der Waals surface area (Å²) in [7, 11) is 0. The molecule has 0 amide bonds. The van der Waals surface area contributed by atoms with Gasteiger partial charge in [-0.25, -0.2) is 0 Å². The molecule has 17 heavy (non-hydrogen) atoms. The van der Waals surface area contributed by atoms with Crippen LogP contribution in [0.5, 0.6) is 5.75 Å². The summed E-state index contributed by atoms with van der Waals surface area (Å²) >= 11 is 7.01. The van der Waals surface area contributed by atoms with Crippen molar-refractivity contribution in [1.82, 2.24) is 5.32 Å². The molecule has 4 heteroatoms. The van der Waals surface area contributed by atoms with Crippen molar-refractivity contribution in [3.8, 4) is 5.75 Å². The summed E-state index contributed by atoms with van der Waals surface area (Å²) in [6.45, 7) is 1.92. The average molecular weight is 363 g/mol. The van der Waals surface area contributed by atoms with Gasteiger partial charge in [-0.05, 0) is 69.8 Å². The molecular formula is C13H17Br2NO. The van der Waals surface area contributed by atoms with Gasteiger partial charge in [-0.15, -0.1) is 0 Å². The Kier molecular flexibility index (Phi) is 5.32. The van der Waals surface area contributed by atoms with Gasteiger partial charge in [0.05, 0.1) is 15.6 Å². The molecule has 1 aliphatic heterocycles. The third kappa shape index (κ3) is 3.97. The molecule has 0 spiro atoms. The summed E-state index contributed by atoms with van der Waals surface area (Å²) in [5.41, 5.74) is 0. The Morgan fingerprint density at radius 3 is 2.65 bits per heavy atom. The maximum Gasteiger partial charge on any atom is 0.147 e. The van der Waals surface area contributed by atoms with E-state index in [0.717, 1.165) is 34.3 Å². The van der Waals surface area contributed by atoms with Crippen molar-refractivity contribution in [2.24, 2.45) is 0 Å². The first-order valence-corrected chi connectivity index (χ1v) is 7.66. The Hall–Kier alpha value is -0.0600. The van der Waals surface area contributed by atoms with Gasteiger partial charge in [0, 0.05) is 6.04 Å². The summed E-state index contributed by atoms with van der Waals surface area (Å²) in [5, 5.41) is 3.53. The molecule has 1 unspecified atom stereocenters. The predicted octanol–water partition coefficient (Wildman–Crippen LogP) is 4.12. The number of hydrogen-bond acceptors (Lipinski definition) is 2. The van der Waals surface area contributed by atoms with E-state index in [1.54, 1.807) is 0 Å². The number of hydrogen-bond donors (Lipinski definition) is 1. The van der Waals surface area contributed by atoms with E-state index < -0.39 is 0 Å². The van der Waals surface area contributed by atoms with Gasteiger partial charge in [-0.3, -0.25) is 0 Å². The van der Waals surface area contributed by atoms with E-state index in [1.807, 2.05) is 18.2 Å². The Bertz CT molecular complexity index is 344. The van der Waals surface area contributed by atoms with E-state index in [4.69, 9.17) is 4.74 Å². The Labute approximate surface area is 119 Å². The number of halogens is 2. The summed E-state index contributed by atoms with van der Waals surface area (Å²) < 4.78 is 7.84. The van der Waals surface area contributed by atoms with Crippen LogP contribution in [0.3, 0.4) is 0 Å². The van der Waals surface area contributed by atoms with Gasteiger partial charge in [0.15, 0.2) is 0 Å². The molecule has 0 aliphatic carbocycles. The van der Waals surface area contributed by atoms with Crippen LogP contribution in [0, 0.1) is 0 Å². The smallest absolute Gasteiger partial charge is 0.147 e. The minimum Gasteiger partial charge on any atom is -0.491 e. The van der Waals surface area contributed by atoms with Gasteiger partial charge < -0.3 is 10.1 Å². The average Bonchev–Trinajstić information content (AvgIpc) is 2.34. The van der Waals surface area contributed by atoms with Crippen LogP contribution in [0.4, 0.5) is 0 Å². The highest BCUT2D eigenvalue weighted by molar-refractivity contribution is 9.11. The standard InChI is InChI=1S/C13H17Br2NO/c14-11-5-3-6-12(15)13(11)17-9-7-10-4-1-2-8-16-10/h3,5-6,10,16H,1-2,4,7-9H2.